The Bertz CT molecular complexity index is 1240. The average Bonchev–Trinajstić information content (AvgIpc) is 3.53. The van der Waals surface area contributed by atoms with Crippen LogP contribution in [0.5, 0.6) is 0 Å². The number of hydrogen-bond acceptors (Lipinski definition) is 9. The molecule has 2 saturated heterocycles. The Morgan fingerprint density at radius 1 is 1.19 bits per heavy atom. The summed E-state index contributed by atoms with van der Waals surface area (Å²) in [6, 6.07) is 6.64. The molecular weight excluding hydrogens is 496 g/mol. The summed E-state index contributed by atoms with van der Waals surface area (Å²) in [6.45, 7) is 5.75. The number of amidine groups is 1. The van der Waals surface area contributed by atoms with Gasteiger partial charge in [0.2, 0.25) is 0 Å². The molecule has 11 nitrogen and oxygen atoms in total. The van der Waals surface area contributed by atoms with E-state index in [4.69, 9.17) is 9.84 Å². The molecule has 1 unspecified atom stereocenters. The Labute approximate surface area is 218 Å². The molecule has 2 amide bonds. The molecule has 1 aromatic heterocycles. The summed E-state index contributed by atoms with van der Waals surface area (Å²) in [5.74, 6) is -0.700. The number of hydrogen-bond donors (Lipinski definition) is 2. The molecule has 3 aliphatic rings. The quantitative estimate of drug-likeness (QED) is 0.499. The van der Waals surface area contributed by atoms with Crippen molar-refractivity contribution >= 4 is 35.1 Å². The lowest BCUT2D eigenvalue weighted by Gasteiger charge is -2.37. The van der Waals surface area contributed by atoms with E-state index in [1.54, 1.807) is 42.3 Å². The summed E-state index contributed by atoms with van der Waals surface area (Å²) in [5.41, 5.74) is 2.38. The summed E-state index contributed by atoms with van der Waals surface area (Å²) >= 11 is 1.48. The van der Waals surface area contributed by atoms with E-state index in [1.165, 1.54) is 11.3 Å². The van der Waals surface area contributed by atoms with Crippen LogP contribution >= 0.6 is 11.3 Å². The molecule has 0 saturated carbocycles. The highest BCUT2D eigenvalue weighted by Crippen LogP contribution is 2.24. The highest BCUT2D eigenvalue weighted by atomic mass is 32.1. The Kier molecular flexibility index (Phi) is 7.19. The highest BCUT2D eigenvalue weighted by Gasteiger charge is 2.41. The summed E-state index contributed by atoms with van der Waals surface area (Å²) in [7, 11) is 0. The van der Waals surface area contributed by atoms with Crippen LogP contribution in [0, 0.1) is 0 Å². The fourth-order valence-corrected chi connectivity index (χ4v) is 5.43. The number of ether oxygens (including phenoxy) is 1. The monoisotopic (exact) mass is 524 g/mol. The number of rotatable bonds is 8. The van der Waals surface area contributed by atoms with Crippen LogP contribution in [-0.4, -0.2) is 101 Å². The van der Waals surface area contributed by atoms with Crippen molar-refractivity contribution in [3.05, 3.63) is 63.2 Å². The molecule has 194 valence electrons. The van der Waals surface area contributed by atoms with Gasteiger partial charge in [0.25, 0.3) is 0 Å². The number of aliphatic imine (C=N–C) groups is 1. The number of aromatic nitrogens is 1. The fraction of sp³-hybridized carbons (Fsp3) is 0.400. The molecule has 0 aliphatic carbocycles. The van der Waals surface area contributed by atoms with Crippen LogP contribution in [0.1, 0.15) is 27.9 Å². The number of nitrogens with zero attached hydrogens (tertiary/aromatic N) is 5. The van der Waals surface area contributed by atoms with Gasteiger partial charge in [0.05, 0.1) is 30.3 Å². The number of carbonyl (C=O) groups is 3. The SMILES string of the molecule is CCOC(=O)C1=C(CN2CCN3C(=O)N(Cc4ccc(C(=O)O)cc4)CC3C2)NC(c2nccs2)=NC1. The van der Waals surface area contributed by atoms with Crippen molar-refractivity contribution in [2.24, 2.45) is 4.99 Å². The Morgan fingerprint density at radius 2 is 2.00 bits per heavy atom. The predicted octanol–water partition coefficient (Wildman–Crippen LogP) is 1.63. The molecule has 0 radical (unpaired) electrons. The van der Waals surface area contributed by atoms with E-state index in [0.717, 1.165) is 16.3 Å². The largest absolute Gasteiger partial charge is 0.478 e. The van der Waals surface area contributed by atoms with Crippen molar-refractivity contribution in [1.82, 2.24) is 25.0 Å². The lowest BCUT2D eigenvalue weighted by atomic mass is 10.1. The van der Waals surface area contributed by atoms with Crippen LogP contribution < -0.4 is 5.32 Å². The Balaban J connectivity index is 1.25. The summed E-state index contributed by atoms with van der Waals surface area (Å²) < 4.78 is 5.27. The molecule has 0 spiro atoms. The van der Waals surface area contributed by atoms with Crippen molar-refractivity contribution in [3.63, 3.8) is 0 Å². The van der Waals surface area contributed by atoms with Crippen LogP contribution in [0.2, 0.25) is 0 Å². The number of aromatic carboxylic acids is 1. The van der Waals surface area contributed by atoms with Crippen molar-refractivity contribution in [2.45, 2.75) is 19.5 Å². The van der Waals surface area contributed by atoms with Gasteiger partial charge in [-0.25, -0.2) is 19.4 Å². The zero-order valence-corrected chi connectivity index (χ0v) is 21.2. The van der Waals surface area contributed by atoms with Gasteiger partial charge in [-0.3, -0.25) is 9.89 Å². The van der Waals surface area contributed by atoms with Crippen molar-refractivity contribution in [1.29, 1.82) is 0 Å². The van der Waals surface area contributed by atoms with Crippen molar-refractivity contribution in [2.75, 3.05) is 45.9 Å². The number of benzene rings is 1. The van der Waals surface area contributed by atoms with Crippen LogP contribution in [-0.2, 0) is 16.1 Å². The van der Waals surface area contributed by atoms with Crippen molar-refractivity contribution < 1.29 is 24.2 Å². The van der Waals surface area contributed by atoms with E-state index < -0.39 is 5.97 Å². The van der Waals surface area contributed by atoms with Gasteiger partial charge in [-0.1, -0.05) is 12.1 Å². The number of nitrogens with one attached hydrogen (secondary N) is 1. The van der Waals surface area contributed by atoms with Gasteiger partial charge in [-0.15, -0.1) is 11.3 Å². The van der Waals surface area contributed by atoms with E-state index in [-0.39, 0.29) is 36.8 Å². The normalized spacial score (nSPS) is 20.0. The molecule has 0 bridgehead atoms. The zero-order valence-electron chi connectivity index (χ0n) is 20.4. The number of esters is 1. The second kappa shape index (κ2) is 10.7. The molecule has 12 heteroatoms. The molecular formula is C25H28N6O5S. The number of amides is 2. The number of fused-ring (bicyclic) bond motifs is 1. The number of carboxylic acid groups (broad SMARTS) is 1. The summed E-state index contributed by atoms with van der Waals surface area (Å²) in [4.78, 5) is 51.6. The first-order valence-electron chi connectivity index (χ1n) is 12.1. The molecule has 2 N–H and O–H groups in total. The van der Waals surface area contributed by atoms with Gasteiger partial charge in [0, 0.05) is 56.5 Å². The lowest BCUT2D eigenvalue weighted by Crippen LogP contribution is -2.53. The molecule has 5 rings (SSSR count). The smallest absolute Gasteiger partial charge is 0.337 e. The van der Waals surface area contributed by atoms with Gasteiger partial charge in [-0.05, 0) is 24.6 Å². The van der Waals surface area contributed by atoms with Gasteiger partial charge < -0.3 is 25.0 Å². The molecule has 4 heterocycles. The molecule has 2 aromatic rings. The molecule has 2 fully saturated rings. The van der Waals surface area contributed by atoms with E-state index >= 15 is 0 Å². The molecule has 1 atom stereocenters. The van der Waals surface area contributed by atoms with Gasteiger partial charge in [0.1, 0.15) is 0 Å². The number of carbonyl (C=O) groups excluding carboxylic acids is 2. The van der Waals surface area contributed by atoms with Crippen LogP contribution in [0.25, 0.3) is 0 Å². The minimum absolute atomic E-state index is 0.00706. The maximum Gasteiger partial charge on any atom is 0.337 e. The molecule has 37 heavy (non-hydrogen) atoms. The van der Waals surface area contributed by atoms with E-state index in [1.807, 2.05) is 10.3 Å². The van der Waals surface area contributed by atoms with Crippen LogP contribution in [0.15, 0.2) is 52.1 Å². The standard InChI is InChI=1S/C25H28N6O5S/c1-2-36-24(34)19-11-27-21(22-26-7-10-37-22)28-20(19)15-29-8-9-31-18(13-29)14-30(25(31)35)12-16-3-5-17(6-4-16)23(32)33/h3-7,10,18H,2,8-9,11-15H2,1H3,(H,27,28)(H,32,33). The maximum atomic E-state index is 13.0. The second-order valence-corrected chi connectivity index (χ2v) is 9.95. The van der Waals surface area contributed by atoms with E-state index in [9.17, 15) is 14.4 Å². The fourth-order valence-electron chi connectivity index (χ4n) is 4.83. The third-order valence-electron chi connectivity index (χ3n) is 6.66. The predicted molar refractivity (Wildman–Crippen MR) is 136 cm³/mol. The zero-order chi connectivity index (χ0) is 25.9. The average molecular weight is 525 g/mol. The first kappa shape index (κ1) is 24.9. The first-order valence-corrected chi connectivity index (χ1v) is 13.0. The Hall–Kier alpha value is -3.77. The number of thiazole rings is 1. The van der Waals surface area contributed by atoms with Crippen LogP contribution in [0.3, 0.4) is 0 Å². The summed E-state index contributed by atoms with van der Waals surface area (Å²) in [5, 5.41) is 15.1. The number of piperazine rings is 1. The number of urea groups is 1. The van der Waals surface area contributed by atoms with E-state index in [2.05, 4.69) is 20.2 Å². The van der Waals surface area contributed by atoms with Crippen molar-refractivity contribution in [3.8, 4) is 0 Å². The van der Waals surface area contributed by atoms with Gasteiger partial charge >= 0.3 is 18.0 Å². The molecule has 3 aliphatic heterocycles. The third-order valence-corrected chi connectivity index (χ3v) is 7.44. The summed E-state index contributed by atoms with van der Waals surface area (Å²) in [6.07, 6.45) is 1.72. The Morgan fingerprint density at radius 3 is 2.70 bits per heavy atom. The number of carboxylic acids is 1. The maximum absolute atomic E-state index is 13.0. The van der Waals surface area contributed by atoms with Gasteiger partial charge in [0.15, 0.2) is 10.8 Å². The van der Waals surface area contributed by atoms with E-state index in [0.29, 0.717) is 50.7 Å². The second-order valence-electron chi connectivity index (χ2n) is 9.05. The van der Waals surface area contributed by atoms with Gasteiger partial charge in [-0.2, -0.15) is 0 Å². The highest BCUT2D eigenvalue weighted by molar-refractivity contribution is 7.11. The molecule has 1 aromatic carbocycles. The third kappa shape index (κ3) is 5.35. The lowest BCUT2D eigenvalue weighted by molar-refractivity contribution is -0.138. The first-order chi connectivity index (χ1) is 17.9. The minimum Gasteiger partial charge on any atom is -0.478 e. The van der Waals surface area contributed by atoms with Crippen LogP contribution in [0.4, 0.5) is 4.79 Å². The topological polar surface area (TPSA) is 128 Å². The minimum atomic E-state index is -0.972.